The van der Waals surface area contributed by atoms with Crippen LogP contribution in [0.15, 0.2) is 30.3 Å². The summed E-state index contributed by atoms with van der Waals surface area (Å²) in [6.45, 7) is 0.775. The number of carbonyl (C=O) groups excluding carboxylic acids is 1. The van der Waals surface area contributed by atoms with E-state index in [0.717, 1.165) is 25.3 Å². The fourth-order valence-corrected chi connectivity index (χ4v) is 3.67. The highest BCUT2D eigenvalue weighted by molar-refractivity contribution is 5.79. The molecular formula is C16H21NO. The monoisotopic (exact) mass is 243 g/mol. The molecule has 2 heteroatoms. The topological polar surface area (TPSA) is 29.1 Å². The van der Waals surface area contributed by atoms with Crippen LogP contribution in [0, 0.1) is 17.8 Å². The molecule has 0 unspecified atom stereocenters. The molecule has 1 amide bonds. The largest absolute Gasteiger partial charge is 0.356 e. The molecule has 2 saturated carbocycles. The molecule has 0 radical (unpaired) electrons. The standard InChI is InChI=1S/C16H21NO/c18-16(15-11-13-6-7-14(15)10-13)17-9-8-12-4-2-1-3-5-12/h1-5,13-15H,6-11H2,(H,17,18)/t13-,14-,15+/m0/s1. The van der Waals surface area contributed by atoms with Gasteiger partial charge in [-0.2, -0.15) is 0 Å². The van der Waals surface area contributed by atoms with Gasteiger partial charge in [0, 0.05) is 12.5 Å². The van der Waals surface area contributed by atoms with Crippen molar-refractivity contribution in [2.75, 3.05) is 6.54 Å². The molecule has 18 heavy (non-hydrogen) atoms. The van der Waals surface area contributed by atoms with Crippen molar-refractivity contribution in [2.24, 2.45) is 17.8 Å². The third-order valence-corrected chi connectivity index (χ3v) is 4.63. The maximum Gasteiger partial charge on any atom is 0.223 e. The lowest BCUT2D eigenvalue weighted by Gasteiger charge is -2.20. The number of benzene rings is 1. The van der Waals surface area contributed by atoms with Gasteiger partial charge in [-0.3, -0.25) is 4.79 Å². The van der Waals surface area contributed by atoms with E-state index in [-0.39, 0.29) is 0 Å². The van der Waals surface area contributed by atoms with Gasteiger partial charge in [-0.25, -0.2) is 0 Å². The summed E-state index contributed by atoms with van der Waals surface area (Å²) < 4.78 is 0. The summed E-state index contributed by atoms with van der Waals surface area (Å²) in [5.74, 6) is 2.16. The molecule has 0 saturated heterocycles. The quantitative estimate of drug-likeness (QED) is 0.865. The summed E-state index contributed by atoms with van der Waals surface area (Å²) in [6, 6.07) is 10.4. The highest BCUT2D eigenvalue weighted by Crippen LogP contribution is 2.48. The number of hydrogen-bond donors (Lipinski definition) is 1. The van der Waals surface area contributed by atoms with E-state index in [4.69, 9.17) is 0 Å². The highest BCUT2D eigenvalue weighted by atomic mass is 16.1. The molecule has 1 aromatic rings. The van der Waals surface area contributed by atoms with Crippen molar-refractivity contribution in [1.82, 2.24) is 5.32 Å². The van der Waals surface area contributed by atoms with E-state index >= 15 is 0 Å². The zero-order valence-corrected chi connectivity index (χ0v) is 10.8. The molecule has 1 aromatic carbocycles. The first-order chi connectivity index (χ1) is 8.83. The number of amides is 1. The Balaban J connectivity index is 1.45. The predicted molar refractivity (Wildman–Crippen MR) is 72.1 cm³/mol. The highest BCUT2D eigenvalue weighted by Gasteiger charge is 2.42. The van der Waals surface area contributed by atoms with E-state index < -0.39 is 0 Å². The Morgan fingerprint density at radius 1 is 1.17 bits per heavy atom. The number of rotatable bonds is 4. The summed E-state index contributed by atoms with van der Waals surface area (Å²) >= 11 is 0. The number of hydrogen-bond acceptors (Lipinski definition) is 1. The van der Waals surface area contributed by atoms with Gasteiger partial charge in [-0.15, -0.1) is 0 Å². The zero-order chi connectivity index (χ0) is 12.4. The molecule has 2 fully saturated rings. The van der Waals surface area contributed by atoms with Gasteiger partial charge in [0.2, 0.25) is 5.91 Å². The van der Waals surface area contributed by atoms with Gasteiger partial charge in [0.1, 0.15) is 0 Å². The van der Waals surface area contributed by atoms with Crippen molar-refractivity contribution in [3.05, 3.63) is 35.9 Å². The van der Waals surface area contributed by atoms with Crippen molar-refractivity contribution in [2.45, 2.75) is 32.1 Å². The van der Waals surface area contributed by atoms with Crippen molar-refractivity contribution in [1.29, 1.82) is 0 Å². The van der Waals surface area contributed by atoms with Crippen LogP contribution < -0.4 is 5.32 Å². The van der Waals surface area contributed by atoms with Gasteiger partial charge in [-0.1, -0.05) is 36.8 Å². The molecule has 0 aliphatic heterocycles. The van der Waals surface area contributed by atoms with Crippen molar-refractivity contribution in [3.8, 4) is 0 Å². The van der Waals surface area contributed by atoms with Crippen LogP contribution in [0.5, 0.6) is 0 Å². The average Bonchev–Trinajstić information content (AvgIpc) is 3.02. The maximum atomic E-state index is 12.1. The Kier molecular flexibility index (Phi) is 3.35. The molecule has 3 rings (SSSR count). The summed E-state index contributed by atoms with van der Waals surface area (Å²) in [4.78, 5) is 12.1. The molecule has 1 N–H and O–H groups in total. The normalized spacial score (nSPS) is 29.4. The average molecular weight is 243 g/mol. The first kappa shape index (κ1) is 11.8. The fraction of sp³-hybridized carbons (Fsp3) is 0.562. The molecule has 3 atom stereocenters. The first-order valence-electron chi connectivity index (χ1n) is 7.14. The molecule has 0 spiro atoms. The third-order valence-electron chi connectivity index (χ3n) is 4.63. The number of nitrogens with one attached hydrogen (secondary N) is 1. The minimum atomic E-state index is 0.304. The number of carbonyl (C=O) groups is 1. The van der Waals surface area contributed by atoms with Crippen LogP contribution in [0.2, 0.25) is 0 Å². The molecule has 2 nitrogen and oxygen atoms in total. The van der Waals surface area contributed by atoms with Gasteiger partial charge in [-0.05, 0) is 43.1 Å². The van der Waals surface area contributed by atoms with Gasteiger partial charge in [0.25, 0.3) is 0 Å². The number of fused-ring (bicyclic) bond motifs is 2. The van der Waals surface area contributed by atoms with Gasteiger partial charge in [0.05, 0.1) is 0 Å². The van der Waals surface area contributed by atoms with Gasteiger partial charge in [0.15, 0.2) is 0 Å². The van der Waals surface area contributed by atoms with E-state index in [2.05, 4.69) is 17.4 Å². The van der Waals surface area contributed by atoms with Crippen LogP contribution in [0.4, 0.5) is 0 Å². The second-order valence-electron chi connectivity index (χ2n) is 5.81. The maximum absolute atomic E-state index is 12.1. The van der Waals surface area contributed by atoms with Crippen LogP contribution in [0.3, 0.4) is 0 Å². The Labute approximate surface area is 109 Å². The van der Waals surface area contributed by atoms with Crippen LogP contribution >= 0.6 is 0 Å². The first-order valence-corrected chi connectivity index (χ1v) is 7.14. The summed E-state index contributed by atoms with van der Waals surface area (Å²) in [5, 5.41) is 3.12. The van der Waals surface area contributed by atoms with Crippen LogP contribution in [0.25, 0.3) is 0 Å². The minimum absolute atomic E-state index is 0.304. The molecule has 96 valence electrons. The molecule has 2 aliphatic carbocycles. The molecular weight excluding hydrogens is 222 g/mol. The van der Waals surface area contributed by atoms with E-state index in [1.165, 1.54) is 24.8 Å². The van der Waals surface area contributed by atoms with Gasteiger partial charge < -0.3 is 5.32 Å². The lowest BCUT2D eigenvalue weighted by Crippen LogP contribution is -2.34. The predicted octanol–water partition coefficient (Wildman–Crippen LogP) is 2.78. The van der Waals surface area contributed by atoms with Crippen molar-refractivity contribution >= 4 is 5.91 Å². The third kappa shape index (κ3) is 2.43. The van der Waals surface area contributed by atoms with Crippen LogP contribution in [-0.4, -0.2) is 12.5 Å². The molecule has 0 aromatic heterocycles. The van der Waals surface area contributed by atoms with Crippen molar-refractivity contribution in [3.63, 3.8) is 0 Å². The molecule has 2 bridgehead atoms. The summed E-state index contributed by atoms with van der Waals surface area (Å²) in [6.07, 6.45) is 6.02. The summed E-state index contributed by atoms with van der Waals surface area (Å²) in [7, 11) is 0. The van der Waals surface area contributed by atoms with E-state index in [1.807, 2.05) is 18.2 Å². The summed E-state index contributed by atoms with van der Waals surface area (Å²) in [5.41, 5.74) is 1.30. The van der Waals surface area contributed by atoms with Crippen molar-refractivity contribution < 1.29 is 4.79 Å². The SMILES string of the molecule is O=C(NCCc1ccccc1)[C@@H]1C[C@H]2CC[C@H]1C2. The van der Waals surface area contributed by atoms with Crippen LogP contribution in [0.1, 0.15) is 31.2 Å². The van der Waals surface area contributed by atoms with E-state index in [0.29, 0.717) is 17.7 Å². The van der Waals surface area contributed by atoms with E-state index in [9.17, 15) is 4.79 Å². The fourth-order valence-electron chi connectivity index (χ4n) is 3.67. The second kappa shape index (κ2) is 5.13. The lowest BCUT2D eigenvalue weighted by atomic mass is 9.88. The Hall–Kier alpha value is -1.31. The minimum Gasteiger partial charge on any atom is -0.356 e. The Bertz CT molecular complexity index is 414. The Morgan fingerprint density at radius 2 is 2.00 bits per heavy atom. The second-order valence-corrected chi connectivity index (χ2v) is 5.81. The molecule has 2 aliphatic rings. The lowest BCUT2D eigenvalue weighted by molar-refractivity contribution is -0.126. The Morgan fingerprint density at radius 3 is 2.67 bits per heavy atom. The van der Waals surface area contributed by atoms with Crippen LogP contribution in [-0.2, 0) is 11.2 Å². The van der Waals surface area contributed by atoms with E-state index in [1.54, 1.807) is 0 Å². The van der Waals surface area contributed by atoms with Gasteiger partial charge >= 0.3 is 0 Å². The molecule has 0 heterocycles. The zero-order valence-electron chi connectivity index (χ0n) is 10.8. The smallest absolute Gasteiger partial charge is 0.223 e.